The summed E-state index contributed by atoms with van der Waals surface area (Å²) in [6.45, 7) is 18.6. The number of aryl methyl sites for hydroxylation is 1. The van der Waals surface area contributed by atoms with Crippen molar-refractivity contribution in [3.05, 3.63) is 72.1 Å². The molecule has 2 aliphatic heterocycles. The molecule has 3 aromatic rings. The second-order valence-electron chi connectivity index (χ2n) is 16.9. The number of aromatic nitrogens is 2. The van der Waals surface area contributed by atoms with E-state index in [1.807, 2.05) is 66.1 Å². The summed E-state index contributed by atoms with van der Waals surface area (Å²) in [6.07, 6.45) is 2.51. The summed E-state index contributed by atoms with van der Waals surface area (Å²) >= 11 is 0. The Morgan fingerprint density at radius 3 is 1.96 bits per heavy atom. The minimum absolute atomic E-state index is 0.181. The second kappa shape index (κ2) is 16.7. The smallest absolute Gasteiger partial charge is 0.410 e. The predicted octanol–water partition coefficient (Wildman–Crippen LogP) is 5.54. The van der Waals surface area contributed by atoms with Gasteiger partial charge in [-0.3, -0.25) is 9.59 Å². The van der Waals surface area contributed by atoms with Crippen LogP contribution in [-0.2, 0) is 36.9 Å². The lowest BCUT2D eigenvalue weighted by Crippen LogP contribution is -2.58. The second-order valence-corrected chi connectivity index (χ2v) is 16.9. The Bertz CT molecular complexity index is 1880. The molecule has 3 heterocycles. The highest BCUT2D eigenvalue weighted by atomic mass is 16.7. The van der Waals surface area contributed by atoms with Gasteiger partial charge in [-0.1, -0.05) is 24.3 Å². The summed E-state index contributed by atoms with van der Waals surface area (Å²) in [5.74, 6) is -1.50. The standard InChI is InChI=1S/C41H53N5O10/c1-39(2,3)53-36(49)33(56-46-34(47)31-13-10-11-14-32(31)35(46)48)26-52-30-17-15-28(16-18-30)29-24-44(20-12-19-42-37(50)54-40(4,5)6)45(25-29)23-27-21-43(22-27)38(51)55-41(7,8)9/h10-11,13-18,24-25,27,33H,12,19-23,26H2,1-9H3/p+1. The van der Waals surface area contributed by atoms with Crippen molar-refractivity contribution in [2.24, 2.45) is 5.92 Å². The van der Waals surface area contributed by atoms with E-state index in [0.29, 0.717) is 50.0 Å². The van der Waals surface area contributed by atoms with Crippen LogP contribution in [-0.4, -0.2) is 93.8 Å². The Labute approximate surface area is 327 Å². The highest BCUT2D eigenvalue weighted by Crippen LogP contribution is 2.26. The van der Waals surface area contributed by atoms with Crippen LogP contribution in [0.4, 0.5) is 9.59 Å². The summed E-state index contributed by atoms with van der Waals surface area (Å²) in [6, 6.07) is 13.6. The van der Waals surface area contributed by atoms with Crippen molar-refractivity contribution in [2.45, 2.75) is 105 Å². The van der Waals surface area contributed by atoms with E-state index >= 15 is 0 Å². The maximum atomic E-state index is 13.2. The average molecular weight is 777 g/mol. The number of nitrogens with zero attached hydrogens (tertiary/aromatic N) is 4. The van der Waals surface area contributed by atoms with Crippen LogP contribution in [0.3, 0.4) is 0 Å². The summed E-state index contributed by atoms with van der Waals surface area (Å²) in [4.78, 5) is 71.2. The molecular formula is C41H54N5O10+. The molecule has 1 aromatic heterocycles. The van der Waals surface area contributed by atoms with Gasteiger partial charge < -0.3 is 29.2 Å². The van der Waals surface area contributed by atoms with Crippen molar-refractivity contribution < 1.29 is 52.4 Å². The molecule has 0 bridgehead atoms. The van der Waals surface area contributed by atoms with Crippen LogP contribution < -0.4 is 14.7 Å². The first-order chi connectivity index (χ1) is 26.2. The van der Waals surface area contributed by atoms with Crippen molar-refractivity contribution in [3.8, 4) is 16.9 Å². The molecule has 5 rings (SSSR count). The van der Waals surface area contributed by atoms with Gasteiger partial charge in [0.25, 0.3) is 11.8 Å². The number of nitrogens with one attached hydrogen (secondary N) is 1. The molecule has 4 amide bonds. The van der Waals surface area contributed by atoms with Crippen LogP contribution in [0.2, 0.25) is 0 Å². The number of alkyl carbamates (subject to hydrolysis) is 1. The number of imide groups is 1. The molecule has 302 valence electrons. The van der Waals surface area contributed by atoms with Crippen LogP contribution in [0.25, 0.3) is 11.1 Å². The van der Waals surface area contributed by atoms with E-state index in [2.05, 4.69) is 14.7 Å². The number of esters is 1. The Hall–Kier alpha value is -5.44. The molecule has 0 spiro atoms. The fourth-order valence-electron chi connectivity index (χ4n) is 5.99. The molecule has 15 heteroatoms. The Balaban J connectivity index is 1.26. The molecule has 1 saturated heterocycles. The average Bonchev–Trinajstić information content (AvgIpc) is 3.57. The van der Waals surface area contributed by atoms with Gasteiger partial charge in [-0.05, 0) is 98.6 Å². The summed E-state index contributed by atoms with van der Waals surface area (Å²) in [7, 11) is 0. The maximum Gasteiger partial charge on any atom is 0.410 e. The van der Waals surface area contributed by atoms with Crippen molar-refractivity contribution in [3.63, 3.8) is 0 Å². The number of hydrogen-bond acceptors (Lipinski definition) is 10. The molecule has 1 N–H and O–H groups in total. The number of likely N-dealkylation sites (tertiary alicyclic amines) is 1. The van der Waals surface area contributed by atoms with Crippen LogP contribution in [0.5, 0.6) is 5.75 Å². The number of benzene rings is 2. The van der Waals surface area contributed by atoms with E-state index in [-0.39, 0.29) is 29.7 Å². The molecule has 15 nitrogen and oxygen atoms in total. The van der Waals surface area contributed by atoms with E-state index in [1.54, 1.807) is 49.9 Å². The number of carbonyl (C=O) groups is 5. The number of fused-ring (bicyclic) bond motifs is 1. The first-order valence-electron chi connectivity index (χ1n) is 18.8. The van der Waals surface area contributed by atoms with Gasteiger partial charge in [0, 0.05) is 19.6 Å². The van der Waals surface area contributed by atoms with Gasteiger partial charge in [0.05, 0.1) is 35.3 Å². The fraction of sp³-hybridized carbons (Fsp3) is 0.512. The SMILES string of the molecule is CC(C)(C)OC(=O)NCCCn1cc(-c2ccc(OCC(ON3C(=O)c4ccccc4C3=O)C(=O)OC(C)(C)C)cc2)c[n+]1CC1CN(C(=O)OC(C)(C)C)C1. The molecule has 0 saturated carbocycles. The number of rotatable bonds is 13. The molecule has 2 aromatic carbocycles. The molecule has 0 aliphatic carbocycles. The Morgan fingerprint density at radius 1 is 0.804 bits per heavy atom. The summed E-state index contributed by atoms with van der Waals surface area (Å²) in [5.41, 5.74) is 0.172. The number of carbonyl (C=O) groups excluding carboxylic acids is 5. The first-order valence-corrected chi connectivity index (χ1v) is 18.8. The van der Waals surface area contributed by atoms with Crippen molar-refractivity contribution >= 4 is 30.0 Å². The molecular weight excluding hydrogens is 722 g/mol. The van der Waals surface area contributed by atoms with Crippen LogP contribution >= 0.6 is 0 Å². The van der Waals surface area contributed by atoms with E-state index in [1.165, 1.54) is 12.1 Å². The number of hydroxylamine groups is 2. The highest BCUT2D eigenvalue weighted by molar-refractivity contribution is 6.20. The molecule has 0 radical (unpaired) electrons. The zero-order valence-electron chi connectivity index (χ0n) is 33.7. The van der Waals surface area contributed by atoms with E-state index in [0.717, 1.165) is 11.1 Å². The summed E-state index contributed by atoms with van der Waals surface area (Å²) < 4.78 is 26.6. The Kier molecular flexibility index (Phi) is 12.5. The van der Waals surface area contributed by atoms with Gasteiger partial charge in [-0.25, -0.2) is 19.2 Å². The van der Waals surface area contributed by atoms with Crippen molar-refractivity contribution in [1.82, 2.24) is 20.0 Å². The van der Waals surface area contributed by atoms with Crippen molar-refractivity contribution in [1.29, 1.82) is 0 Å². The topological polar surface area (TPSA) is 159 Å². The largest absolute Gasteiger partial charge is 0.490 e. The molecule has 2 aliphatic rings. The van der Waals surface area contributed by atoms with Gasteiger partial charge in [0.15, 0.2) is 6.54 Å². The lowest BCUT2D eigenvalue weighted by Gasteiger charge is -2.38. The highest BCUT2D eigenvalue weighted by Gasteiger charge is 2.41. The van der Waals surface area contributed by atoms with E-state index < -0.39 is 46.8 Å². The van der Waals surface area contributed by atoms with Crippen LogP contribution in [0.15, 0.2) is 60.9 Å². The molecule has 1 unspecified atom stereocenters. The third kappa shape index (κ3) is 11.3. The molecule has 56 heavy (non-hydrogen) atoms. The zero-order chi connectivity index (χ0) is 41.0. The monoisotopic (exact) mass is 776 g/mol. The van der Waals surface area contributed by atoms with E-state index in [9.17, 15) is 24.0 Å². The fourth-order valence-corrected chi connectivity index (χ4v) is 5.99. The lowest BCUT2D eigenvalue weighted by molar-refractivity contribution is -0.781. The van der Waals surface area contributed by atoms with Crippen LogP contribution in [0, 0.1) is 5.92 Å². The third-order valence-corrected chi connectivity index (χ3v) is 8.44. The van der Waals surface area contributed by atoms with Gasteiger partial charge in [-0.2, -0.15) is 4.68 Å². The molecule has 1 fully saturated rings. The van der Waals surface area contributed by atoms with Crippen molar-refractivity contribution in [2.75, 3.05) is 26.2 Å². The number of amides is 4. The zero-order valence-corrected chi connectivity index (χ0v) is 33.7. The van der Waals surface area contributed by atoms with Crippen LogP contribution in [0.1, 0.15) is 89.5 Å². The van der Waals surface area contributed by atoms with Gasteiger partial charge in [-0.15, -0.1) is 9.75 Å². The predicted molar refractivity (Wildman–Crippen MR) is 203 cm³/mol. The minimum atomic E-state index is -1.42. The van der Waals surface area contributed by atoms with Gasteiger partial charge in [0.1, 0.15) is 29.2 Å². The maximum absolute atomic E-state index is 13.2. The normalized spacial score (nSPS) is 15.2. The van der Waals surface area contributed by atoms with Gasteiger partial charge >= 0.3 is 18.2 Å². The van der Waals surface area contributed by atoms with Gasteiger partial charge in [0.2, 0.25) is 12.3 Å². The molecule has 1 atom stereocenters. The quantitative estimate of drug-likeness (QED) is 0.0768. The first kappa shape index (κ1) is 41.7. The minimum Gasteiger partial charge on any atom is -0.490 e. The number of hydrogen-bond donors (Lipinski definition) is 1. The lowest BCUT2D eigenvalue weighted by atomic mass is 10.0. The Morgan fingerprint density at radius 2 is 1.39 bits per heavy atom. The number of ether oxygens (including phenoxy) is 4. The third-order valence-electron chi connectivity index (χ3n) is 8.44. The van der Waals surface area contributed by atoms with E-state index in [4.69, 9.17) is 23.8 Å². The summed E-state index contributed by atoms with van der Waals surface area (Å²) in [5, 5.41) is 3.39.